The number of carbonyl (C=O) groups excluding carboxylic acids is 1. The molecule has 1 amide bonds. The molecule has 3 nitrogen and oxygen atoms in total. The van der Waals surface area contributed by atoms with Gasteiger partial charge in [-0.3, -0.25) is 4.79 Å². The second kappa shape index (κ2) is 4.24. The number of nitrogens with one attached hydrogen (secondary N) is 2. The number of benzene rings is 1. The van der Waals surface area contributed by atoms with Gasteiger partial charge in [0.25, 0.3) is 0 Å². The molecule has 0 saturated heterocycles. The fraction of sp³-hybridized carbons (Fsp3) is 0.357. The standard InChI is InChI=1S/C14H18N2O/c1-14(2,3)13(17)16-9-10-8-15-12-7-5-4-6-11(10)12/h4-8,15H,9H2,1-3H3,(H,16,17). The molecule has 1 heterocycles. The summed E-state index contributed by atoms with van der Waals surface area (Å²) in [5.41, 5.74) is 1.89. The van der Waals surface area contributed by atoms with Gasteiger partial charge in [0.15, 0.2) is 0 Å². The van der Waals surface area contributed by atoms with Crippen LogP contribution in [0.1, 0.15) is 26.3 Å². The average Bonchev–Trinajstić information content (AvgIpc) is 2.68. The van der Waals surface area contributed by atoms with Gasteiger partial charge in [-0.05, 0) is 11.6 Å². The maximum atomic E-state index is 11.8. The number of rotatable bonds is 2. The van der Waals surface area contributed by atoms with Crippen molar-refractivity contribution in [3.63, 3.8) is 0 Å². The normalized spacial score (nSPS) is 11.7. The molecule has 2 aromatic rings. The third-order valence-corrected chi connectivity index (χ3v) is 2.80. The molecule has 0 saturated carbocycles. The van der Waals surface area contributed by atoms with Crippen LogP contribution >= 0.6 is 0 Å². The molecule has 0 atom stereocenters. The van der Waals surface area contributed by atoms with Crippen molar-refractivity contribution in [2.24, 2.45) is 5.41 Å². The van der Waals surface area contributed by atoms with Gasteiger partial charge >= 0.3 is 0 Å². The van der Waals surface area contributed by atoms with Crippen LogP contribution in [-0.2, 0) is 11.3 Å². The highest BCUT2D eigenvalue weighted by atomic mass is 16.2. The van der Waals surface area contributed by atoms with E-state index in [1.807, 2.05) is 45.2 Å². The van der Waals surface area contributed by atoms with E-state index in [-0.39, 0.29) is 11.3 Å². The number of hydrogen-bond acceptors (Lipinski definition) is 1. The molecular formula is C14H18N2O. The molecule has 0 radical (unpaired) electrons. The van der Waals surface area contributed by atoms with E-state index in [4.69, 9.17) is 0 Å². The third-order valence-electron chi connectivity index (χ3n) is 2.80. The lowest BCUT2D eigenvalue weighted by Crippen LogP contribution is -2.34. The minimum Gasteiger partial charge on any atom is -0.361 e. The summed E-state index contributed by atoms with van der Waals surface area (Å²) < 4.78 is 0. The van der Waals surface area contributed by atoms with Crippen LogP contribution in [0, 0.1) is 5.41 Å². The van der Waals surface area contributed by atoms with Crippen molar-refractivity contribution < 1.29 is 4.79 Å². The lowest BCUT2D eigenvalue weighted by atomic mass is 9.95. The molecule has 1 aromatic carbocycles. The van der Waals surface area contributed by atoms with Gasteiger partial charge in [-0.25, -0.2) is 0 Å². The summed E-state index contributed by atoms with van der Waals surface area (Å²) in [6.07, 6.45) is 1.95. The van der Waals surface area contributed by atoms with Gasteiger partial charge in [0, 0.05) is 29.1 Å². The number of carbonyl (C=O) groups is 1. The first-order valence-corrected chi connectivity index (χ1v) is 5.82. The highest BCUT2D eigenvalue weighted by Gasteiger charge is 2.20. The molecule has 0 aliphatic rings. The van der Waals surface area contributed by atoms with Crippen molar-refractivity contribution in [1.29, 1.82) is 0 Å². The van der Waals surface area contributed by atoms with Crippen molar-refractivity contribution in [3.05, 3.63) is 36.0 Å². The van der Waals surface area contributed by atoms with E-state index in [9.17, 15) is 4.79 Å². The average molecular weight is 230 g/mol. The summed E-state index contributed by atoms with van der Waals surface area (Å²) in [6.45, 7) is 6.31. The SMILES string of the molecule is CC(C)(C)C(=O)NCc1c[nH]c2ccccc12. The fourth-order valence-electron chi connectivity index (χ4n) is 1.72. The quantitative estimate of drug-likeness (QED) is 0.818. The molecule has 0 aliphatic heterocycles. The minimum absolute atomic E-state index is 0.0720. The monoisotopic (exact) mass is 230 g/mol. The van der Waals surface area contributed by atoms with E-state index in [0.29, 0.717) is 6.54 Å². The summed E-state index contributed by atoms with van der Waals surface area (Å²) in [7, 11) is 0. The Hall–Kier alpha value is -1.77. The predicted molar refractivity (Wildman–Crippen MR) is 69.6 cm³/mol. The van der Waals surface area contributed by atoms with Gasteiger partial charge in [-0.2, -0.15) is 0 Å². The molecule has 0 fully saturated rings. The third kappa shape index (κ3) is 2.49. The van der Waals surface area contributed by atoms with Crippen LogP contribution in [-0.4, -0.2) is 10.9 Å². The Morgan fingerprint density at radius 2 is 2.00 bits per heavy atom. The van der Waals surface area contributed by atoms with E-state index in [1.165, 1.54) is 5.39 Å². The first kappa shape index (κ1) is 11.7. The lowest BCUT2D eigenvalue weighted by molar-refractivity contribution is -0.128. The van der Waals surface area contributed by atoms with Crippen molar-refractivity contribution in [2.45, 2.75) is 27.3 Å². The Bertz CT molecular complexity index is 534. The fourth-order valence-corrected chi connectivity index (χ4v) is 1.72. The molecule has 0 aliphatic carbocycles. The Kier molecular flexibility index (Phi) is 2.92. The first-order chi connectivity index (χ1) is 7.98. The van der Waals surface area contributed by atoms with Gasteiger partial charge in [0.05, 0.1) is 0 Å². The van der Waals surface area contributed by atoms with Crippen molar-refractivity contribution in [3.8, 4) is 0 Å². The van der Waals surface area contributed by atoms with Crippen LogP contribution in [0.2, 0.25) is 0 Å². The summed E-state index contributed by atoms with van der Waals surface area (Å²) in [4.78, 5) is 15.0. The van der Waals surface area contributed by atoms with E-state index >= 15 is 0 Å². The van der Waals surface area contributed by atoms with Gasteiger partial charge < -0.3 is 10.3 Å². The maximum absolute atomic E-state index is 11.8. The molecular weight excluding hydrogens is 212 g/mol. The zero-order chi connectivity index (χ0) is 12.5. The molecule has 3 heteroatoms. The van der Waals surface area contributed by atoms with E-state index in [2.05, 4.69) is 16.4 Å². The summed E-state index contributed by atoms with van der Waals surface area (Å²) in [6, 6.07) is 8.09. The van der Waals surface area contributed by atoms with Crippen LogP contribution in [0.4, 0.5) is 0 Å². The summed E-state index contributed by atoms with van der Waals surface area (Å²) in [5.74, 6) is 0.0720. The largest absolute Gasteiger partial charge is 0.361 e. The second-order valence-corrected chi connectivity index (χ2v) is 5.29. The van der Waals surface area contributed by atoms with E-state index < -0.39 is 0 Å². The molecule has 0 unspecified atom stereocenters. The second-order valence-electron chi connectivity index (χ2n) is 5.29. The smallest absolute Gasteiger partial charge is 0.225 e. The number of fused-ring (bicyclic) bond motifs is 1. The van der Waals surface area contributed by atoms with Gasteiger partial charge in [-0.15, -0.1) is 0 Å². The Morgan fingerprint density at radius 1 is 1.29 bits per heavy atom. The number of para-hydroxylation sites is 1. The van der Waals surface area contributed by atoms with E-state index in [1.54, 1.807) is 0 Å². The lowest BCUT2D eigenvalue weighted by Gasteiger charge is -2.17. The number of hydrogen-bond donors (Lipinski definition) is 2. The summed E-state index contributed by atoms with van der Waals surface area (Å²) >= 11 is 0. The Labute approximate surface area is 101 Å². The Balaban J connectivity index is 2.12. The summed E-state index contributed by atoms with van der Waals surface area (Å²) in [5, 5.41) is 4.13. The first-order valence-electron chi connectivity index (χ1n) is 5.82. The van der Waals surface area contributed by atoms with Crippen molar-refractivity contribution in [2.75, 3.05) is 0 Å². The van der Waals surface area contributed by atoms with Crippen LogP contribution < -0.4 is 5.32 Å². The number of aromatic amines is 1. The molecule has 0 bridgehead atoms. The molecule has 2 rings (SSSR count). The van der Waals surface area contributed by atoms with Crippen LogP contribution in [0.5, 0.6) is 0 Å². The van der Waals surface area contributed by atoms with Crippen LogP contribution in [0.3, 0.4) is 0 Å². The van der Waals surface area contributed by atoms with Gasteiger partial charge in [0.2, 0.25) is 5.91 Å². The van der Waals surface area contributed by atoms with Crippen molar-refractivity contribution >= 4 is 16.8 Å². The molecule has 90 valence electrons. The molecule has 2 N–H and O–H groups in total. The number of H-pyrrole nitrogens is 1. The maximum Gasteiger partial charge on any atom is 0.225 e. The van der Waals surface area contributed by atoms with Crippen LogP contribution in [0.15, 0.2) is 30.5 Å². The predicted octanol–water partition coefficient (Wildman–Crippen LogP) is 2.83. The van der Waals surface area contributed by atoms with Crippen LogP contribution in [0.25, 0.3) is 10.9 Å². The van der Waals surface area contributed by atoms with Gasteiger partial charge in [0.1, 0.15) is 0 Å². The van der Waals surface area contributed by atoms with Crippen molar-refractivity contribution in [1.82, 2.24) is 10.3 Å². The molecule has 0 spiro atoms. The zero-order valence-electron chi connectivity index (χ0n) is 10.5. The Morgan fingerprint density at radius 3 is 2.71 bits per heavy atom. The number of aromatic nitrogens is 1. The van der Waals surface area contributed by atoms with Gasteiger partial charge in [-0.1, -0.05) is 39.0 Å². The molecule has 1 aromatic heterocycles. The highest BCUT2D eigenvalue weighted by Crippen LogP contribution is 2.18. The topological polar surface area (TPSA) is 44.9 Å². The van der Waals surface area contributed by atoms with E-state index in [0.717, 1.165) is 11.1 Å². The zero-order valence-corrected chi connectivity index (χ0v) is 10.5. The highest BCUT2D eigenvalue weighted by molar-refractivity contribution is 5.85. The number of amides is 1. The molecule has 17 heavy (non-hydrogen) atoms. The minimum atomic E-state index is -0.341.